The van der Waals surface area contributed by atoms with Gasteiger partial charge in [0.25, 0.3) is 0 Å². The minimum absolute atomic E-state index is 0.0769. The summed E-state index contributed by atoms with van der Waals surface area (Å²) in [4.78, 5) is 170. The van der Waals surface area contributed by atoms with Crippen molar-refractivity contribution in [2.24, 2.45) is 41.4 Å². The van der Waals surface area contributed by atoms with Gasteiger partial charge in [0, 0.05) is 49.3 Å². The van der Waals surface area contributed by atoms with Crippen molar-refractivity contribution in [1.82, 2.24) is 55.6 Å². The van der Waals surface area contributed by atoms with Crippen LogP contribution >= 0.6 is 0 Å². The number of likely N-dealkylation sites (N-methyl/N-ethyl adjacent to an activating group) is 7. The molecule has 4 N–H and O–H groups in total. The number of carbonyl (C=O) groups excluding carboxylic acids is 11. The fourth-order valence-electron chi connectivity index (χ4n) is 11.1. The van der Waals surface area contributed by atoms with Crippen LogP contribution < -0.4 is 21.3 Å². The van der Waals surface area contributed by atoms with Crippen LogP contribution in [-0.2, 0) is 57.5 Å². The van der Waals surface area contributed by atoms with Gasteiger partial charge in [-0.05, 0) is 93.8 Å². The second-order valence-electron chi connectivity index (χ2n) is 26.3. The number of ether oxygens (including phenoxy) is 1. The maximum atomic E-state index is 15.3. The Morgan fingerprint density at radius 2 is 0.906 bits per heavy atom. The van der Waals surface area contributed by atoms with Crippen LogP contribution in [0.15, 0.2) is 12.2 Å². The third-order valence-corrected chi connectivity index (χ3v) is 16.4. The molecule has 0 radical (unpaired) electrons. The molecule has 85 heavy (non-hydrogen) atoms. The molecule has 23 nitrogen and oxygen atoms in total. The van der Waals surface area contributed by atoms with Crippen molar-refractivity contribution in [2.45, 2.75) is 216 Å². The van der Waals surface area contributed by atoms with Crippen LogP contribution in [0.3, 0.4) is 0 Å². The lowest BCUT2D eigenvalue weighted by molar-refractivity contribution is -0.158. The molecule has 0 saturated carbocycles. The number of nitrogens with zero attached hydrogens (tertiary/aromatic N) is 7. The molecule has 2 rings (SSSR count). The summed E-state index contributed by atoms with van der Waals surface area (Å²) in [5.74, 6) is -8.81. The molecule has 2 aliphatic heterocycles. The van der Waals surface area contributed by atoms with Crippen molar-refractivity contribution in [2.75, 3.05) is 62.5 Å². The molecule has 484 valence electrons. The first-order chi connectivity index (χ1) is 39.3. The number of rotatable bonds is 12. The van der Waals surface area contributed by atoms with Gasteiger partial charge in [0.05, 0.1) is 19.3 Å². The molecule has 0 spiro atoms. The van der Waals surface area contributed by atoms with Gasteiger partial charge in [0.2, 0.25) is 65.0 Å². The summed E-state index contributed by atoms with van der Waals surface area (Å²) in [6.07, 6.45) is 4.12. The van der Waals surface area contributed by atoms with Crippen LogP contribution in [0.1, 0.15) is 149 Å². The van der Waals surface area contributed by atoms with Crippen molar-refractivity contribution in [3.8, 4) is 0 Å². The zero-order valence-electron chi connectivity index (χ0n) is 55.7. The first-order valence-corrected chi connectivity index (χ1v) is 30.7. The molecule has 2 aliphatic rings. The first-order valence-electron chi connectivity index (χ1n) is 30.7. The van der Waals surface area contributed by atoms with E-state index in [9.17, 15) is 38.4 Å². The summed E-state index contributed by atoms with van der Waals surface area (Å²) in [6, 6.07) is -11.8. The Morgan fingerprint density at radius 1 is 0.459 bits per heavy atom. The van der Waals surface area contributed by atoms with Crippen LogP contribution in [0.25, 0.3) is 0 Å². The van der Waals surface area contributed by atoms with Crippen LogP contribution in [0.2, 0.25) is 0 Å². The highest BCUT2D eigenvalue weighted by atomic mass is 16.5. The molecule has 0 aromatic heterocycles. The van der Waals surface area contributed by atoms with Crippen molar-refractivity contribution in [3.63, 3.8) is 0 Å². The lowest BCUT2D eigenvalue weighted by atomic mass is 9.91. The number of nitrogens with one attached hydrogen (secondary N) is 4. The lowest BCUT2D eigenvalue weighted by Crippen LogP contribution is -2.64. The van der Waals surface area contributed by atoms with Crippen molar-refractivity contribution in [3.05, 3.63) is 12.2 Å². The highest BCUT2D eigenvalue weighted by Crippen LogP contribution is 2.27. The summed E-state index contributed by atoms with van der Waals surface area (Å²) in [5, 5.41) is 11.1. The van der Waals surface area contributed by atoms with Gasteiger partial charge in [-0.25, -0.2) is 0 Å². The molecule has 0 unspecified atom stereocenters. The molecule has 11 amide bonds. The van der Waals surface area contributed by atoms with E-state index < -0.39 is 150 Å². The minimum atomic E-state index is -1.34. The number of amides is 11. The van der Waals surface area contributed by atoms with Crippen LogP contribution in [0, 0.1) is 41.4 Å². The highest BCUT2D eigenvalue weighted by Gasteiger charge is 2.46. The Balaban J connectivity index is 2.96. The van der Waals surface area contributed by atoms with E-state index in [0.29, 0.717) is 6.42 Å². The van der Waals surface area contributed by atoms with E-state index in [4.69, 9.17) is 4.74 Å². The normalized spacial score (nSPS) is 28.8. The lowest BCUT2D eigenvalue weighted by Gasteiger charge is -2.42. The van der Waals surface area contributed by atoms with Gasteiger partial charge < -0.3 is 60.3 Å². The molecule has 2 heterocycles. The average molecular weight is 1200 g/mol. The van der Waals surface area contributed by atoms with Gasteiger partial charge in [0.15, 0.2) is 0 Å². The van der Waals surface area contributed by atoms with E-state index in [2.05, 4.69) is 21.3 Å². The van der Waals surface area contributed by atoms with Gasteiger partial charge in [-0.1, -0.05) is 109 Å². The summed E-state index contributed by atoms with van der Waals surface area (Å²) < 4.78 is 6.32. The first kappa shape index (κ1) is 75.0. The molecule has 0 bridgehead atoms. The summed E-state index contributed by atoms with van der Waals surface area (Å²) in [5.41, 5.74) is 0. The van der Waals surface area contributed by atoms with E-state index >= 15 is 14.4 Å². The molecule has 1 fully saturated rings. The molecular weight excluding hydrogens is 1090 g/mol. The van der Waals surface area contributed by atoms with Gasteiger partial charge in [-0.3, -0.25) is 52.7 Å². The topological polar surface area (TPSA) is 268 Å². The Hall–Kier alpha value is -6.13. The average Bonchev–Trinajstić information content (AvgIpc) is 2.75. The molecule has 12 atom stereocenters. The minimum Gasteiger partial charge on any atom is -0.371 e. The smallest absolute Gasteiger partial charge is 0.246 e. The maximum Gasteiger partial charge on any atom is 0.246 e. The van der Waals surface area contributed by atoms with Crippen LogP contribution in [-0.4, -0.2) is 228 Å². The number of allylic oxidation sites excluding steroid dienone is 1. The number of hydrogen-bond acceptors (Lipinski definition) is 12. The van der Waals surface area contributed by atoms with Gasteiger partial charge in [-0.15, -0.1) is 0 Å². The second kappa shape index (κ2) is 33.7. The van der Waals surface area contributed by atoms with Gasteiger partial charge in [0.1, 0.15) is 60.4 Å². The largest absolute Gasteiger partial charge is 0.371 e. The van der Waals surface area contributed by atoms with Crippen LogP contribution in [0.4, 0.5) is 0 Å². The molecule has 23 heteroatoms. The van der Waals surface area contributed by atoms with Crippen molar-refractivity contribution in [1.29, 1.82) is 0 Å². The summed E-state index contributed by atoms with van der Waals surface area (Å²) in [6.45, 7) is 28.1. The Bertz CT molecular complexity index is 2360. The predicted molar refractivity (Wildman–Crippen MR) is 327 cm³/mol. The monoisotopic (exact) mass is 1200 g/mol. The fourth-order valence-corrected chi connectivity index (χ4v) is 11.1. The fraction of sp³-hybridized carbons (Fsp3) is 0.790. The zero-order valence-corrected chi connectivity index (χ0v) is 55.7. The Labute approximate surface area is 508 Å². The highest BCUT2D eigenvalue weighted by molar-refractivity contribution is 5.99. The summed E-state index contributed by atoms with van der Waals surface area (Å²) in [7, 11) is 10.2. The second-order valence-corrected chi connectivity index (χ2v) is 26.3. The van der Waals surface area contributed by atoms with Crippen molar-refractivity contribution < 1.29 is 57.5 Å². The molecular formula is C62H109N11O12. The standard InChI is InChI=1S/C62H109N11O12/c1-24-43-58(80)67(17)33-48(74)68(18)44(29-34(2)3)55(77)66-49(38(10)11)61(83)69(19)45(30-35(4)5)54(76)63-41(15)53(75)64-42(16)57(79)70(20)46(31-36(6)7)59(81)71(21)47(32-37(8)9)60(82)72(22)50(39(12)13)62(84)73(23)51(56(78)65-43)52-40(14)27-25-26-28-85-52/h25-26,34-47,49-52H,24,27-33H2,1-23H3,(H,63,76)(H,64,75)(H,65,78)(H,66,77)/t40-,41+,42-,43+,44+,45+,46+,47+,49+,50+,51+,52-/m1/s1. The quantitative estimate of drug-likeness (QED) is 0.205. The van der Waals surface area contributed by atoms with E-state index in [0.717, 1.165) is 4.90 Å². The number of hydrogen-bond donors (Lipinski definition) is 4. The SMILES string of the molecule is CC[C@@H]1NC(=O)[C@H]([C@@H]2OCC=CC[C@H]2C)N(C)C(=O)[C@H](C(C)C)N(C)C(=O)[C@H](CC(C)C)N(C)C(=O)[C@H](CC(C)C)N(C)C(=O)[C@@H](C)NC(=O)[C@H](C)NC(=O)[C@H](CC(C)C)N(C)C(=O)[C@H](C(C)C)NC(=O)[C@H](CC(C)C)N(C)C(=O)CN(C)C1=O. The molecule has 0 aromatic carbocycles. The van der Waals surface area contributed by atoms with E-state index in [-0.39, 0.29) is 68.3 Å². The van der Waals surface area contributed by atoms with Gasteiger partial charge >= 0.3 is 0 Å². The van der Waals surface area contributed by atoms with Crippen LogP contribution in [0.5, 0.6) is 0 Å². The summed E-state index contributed by atoms with van der Waals surface area (Å²) >= 11 is 0. The van der Waals surface area contributed by atoms with E-state index in [1.165, 1.54) is 92.6 Å². The third-order valence-electron chi connectivity index (χ3n) is 16.4. The van der Waals surface area contributed by atoms with Gasteiger partial charge in [-0.2, -0.15) is 0 Å². The molecule has 0 aliphatic carbocycles. The Kier molecular flexibility index (Phi) is 29.7. The predicted octanol–water partition coefficient (Wildman–Crippen LogP) is 3.29. The molecule has 0 aromatic rings. The van der Waals surface area contributed by atoms with Crippen molar-refractivity contribution >= 4 is 65.0 Å². The molecule has 1 saturated heterocycles. The maximum absolute atomic E-state index is 15.3. The number of carbonyl (C=O) groups is 11. The Morgan fingerprint density at radius 3 is 1.39 bits per heavy atom. The zero-order chi connectivity index (χ0) is 65.4. The van der Waals surface area contributed by atoms with E-state index in [1.54, 1.807) is 34.6 Å². The third kappa shape index (κ3) is 20.5. The van der Waals surface area contributed by atoms with E-state index in [1.807, 2.05) is 74.5 Å².